The van der Waals surface area contributed by atoms with Gasteiger partial charge in [0.1, 0.15) is 17.5 Å². The van der Waals surface area contributed by atoms with Crippen molar-refractivity contribution < 1.29 is 9.18 Å². The van der Waals surface area contributed by atoms with Crippen LogP contribution in [0.5, 0.6) is 0 Å². The van der Waals surface area contributed by atoms with Crippen LogP contribution in [0.3, 0.4) is 0 Å². The van der Waals surface area contributed by atoms with Gasteiger partial charge >= 0.3 is 0 Å². The Morgan fingerprint density at radius 1 is 1.10 bits per heavy atom. The van der Waals surface area contributed by atoms with Gasteiger partial charge in [-0.1, -0.05) is 52.8 Å². The molecule has 3 rings (SSSR count). The molecule has 1 aliphatic heterocycles. The molecule has 0 spiro atoms. The van der Waals surface area contributed by atoms with Crippen LogP contribution in [0, 0.1) is 18.7 Å². The van der Waals surface area contributed by atoms with Crippen LogP contribution in [0.15, 0.2) is 24.3 Å². The lowest BCUT2D eigenvalue weighted by molar-refractivity contribution is -0.134. The average Bonchev–Trinajstić information content (AvgIpc) is 2.69. The fourth-order valence-corrected chi connectivity index (χ4v) is 3.96. The molecule has 0 saturated carbocycles. The van der Waals surface area contributed by atoms with Gasteiger partial charge in [-0.15, -0.1) is 0 Å². The van der Waals surface area contributed by atoms with Crippen molar-refractivity contribution >= 4 is 11.7 Å². The first-order valence-electron chi connectivity index (χ1n) is 10.7. The first-order chi connectivity index (χ1) is 14.1. The van der Waals surface area contributed by atoms with Crippen LogP contribution in [-0.2, 0) is 16.6 Å². The second-order valence-corrected chi connectivity index (χ2v) is 9.41. The van der Waals surface area contributed by atoms with E-state index in [1.165, 1.54) is 6.07 Å². The molecule has 0 N–H and O–H groups in total. The third kappa shape index (κ3) is 4.79. The standard InChI is InChI=1S/C24H33FN4O/c1-16(2)23(30)29-13-11-28(12-14-29)22-19(15-18-9-7-8-10-20(18)25)21(24(4,5)6)26-17(3)27-22/h7-10,16H,11-15H2,1-6H3. The quantitative estimate of drug-likeness (QED) is 0.758. The van der Waals surface area contributed by atoms with Crippen LogP contribution >= 0.6 is 0 Å². The van der Waals surface area contributed by atoms with Crippen molar-refractivity contribution in [2.45, 2.75) is 53.4 Å². The van der Waals surface area contributed by atoms with Gasteiger partial charge in [0.15, 0.2) is 0 Å². The topological polar surface area (TPSA) is 49.3 Å². The summed E-state index contributed by atoms with van der Waals surface area (Å²) in [6.45, 7) is 14.9. The third-order valence-corrected chi connectivity index (χ3v) is 5.52. The number of carbonyl (C=O) groups excluding carboxylic acids is 1. The Balaban J connectivity index is 1.99. The molecule has 2 heterocycles. The monoisotopic (exact) mass is 412 g/mol. The minimum absolute atomic E-state index is 0.00181. The van der Waals surface area contributed by atoms with Crippen molar-refractivity contribution in [3.8, 4) is 0 Å². The van der Waals surface area contributed by atoms with E-state index < -0.39 is 0 Å². The zero-order valence-electron chi connectivity index (χ0n) is 19.0. The van der Waals surface area contributed by atoms with Crippen LogP contribution < -0.4 is 4.90 Å². The number of carbonyl (C=O) groups is 1. The van der Waals surface area contributed by atoms with E-state index in [-0.39, 0.29) is 23.1 Å². The minimum Gasteiger partial charge on any atom is -0.353 e. The number of piperazine rings is 1. The highest BCUT2D eigenvalue weighted by atomic mass is 19.1. The molecule has 162 valence electrons. The second kappa shape index (κ2) is 8.70. The summed E-state index contributed by atoms with van der Waals surface area (Å²) in [6.07, 6.45) is 0.444. The summed E-state index contributed by atoms with van der Waals surface area (Å²) in [6, 6.07) is 6.89. The number of halogens is 1. The Morgan fingerprint density at radius 3 is 2.30 bits per heavy atom. The van der Waals surface area contributed by atoms with Crippen molar-refractivity contribution in [1.29, 1.82) is 0 Å². The molecule has 1 aliphatic rings. The molecule has 0 atom stereocenters. The summed E-state index contributed by atoms with van der Waals surface area (Å²) in [7, 11) is 0. The van der Waals surface area contributed by atoms with Crippen LogP contribution in [0.4, 0.5) is 10.2 Å². The number of aromatic nitrogens is 2. The Bertz CT molecular complexity index is 912. The smallest absolute Gasteiger partial charge is 0.225 e. The van der Waals surface area contributed by atoms with E-state index in [1.807, 2.05) is 37.8 Å². The Hall–Kier alpha value is -2.50. The SMILES string of the molecule is Cc1nc(N2CCN(C(=O)C(C)C)CC2)c(Cc2ccccc2F)c(C(C)(C)C)n1. The van der Waals surface area contributed by atoms with Gasteiger partial charge in [0.2, 0.25) is 5.91 Å². The highest BCUT2D eigenvalue weighted by molar-refractivity contribution is 5.78. The normalized spacial score (nSPS) is 15.1. The Kier molecular flexibility index (Phi) is 6.44. The number of benzene rings is 1. The maximum atomic E-state index is 14.5. The van der Waals surface area contributed by atoms with E-state index in [4.69, 9.17) is 9.97 Å². The summed E-state index contributed by atoms with van der Waals surface area (Å²) >= 11 is 0. The molecular formula is C24H33FN4O. The number of hydrogen-bond donors (Lipinski definition) is 0. The van der Waals surface area contributed by atoms with Crippen LogP contribution in [0.1, 0.15) is 57.3 Å². The molecule has 6 heteroatoms. The van der Waals surface area contributed by atoms with Gasteiger partial charge in [0.05, 0.1) is 5.69 Å². The molecule has 5 nitrogen and oxygen atoms in total. The minimum atomic E-state index is -0.212. The van der Waals surface area contributed by atoms with Gasteiger partial charge in [0, 0.05) is 49.5 Å². The second-order valence-electron chi connectivity index (χ2n) is 9.41. The summed E-state index contributed by atoms with van der Waals surface area (Å²) in [4.78, 5) is 26.1. The van der Waals surface area contributed by atoms with Crippen molar-refractivity contribution in [2.24, 2.45) is 5.92 Å². The fraction of sp³-hybridized carbons (Fsp3) is 0.542. The summed E-state index contributed by atoms with van der Waals surface area (Å²) in [5, 5.41) is 0. The van der Waals surface area contributed by atoms with Crippen molar-refractivity contribution in [3.63, 3.8) is 0 Å². The summed E-state index contributed by atoms with van der Waals surface area (Å²) in [5.41, 5.74) is 2.37. The van der Waals surface area contributed by atoms with Gasteiger partial charge < -0.3 is 9.80 Å². The molecule has 0 bridgehead atoms. The first kappa shape index (κ1) is 22.2. The van der Waals surface area contributed by atoms with E-state index in [2.05, 4.69) is 25.7 Å². The highest BCUT2D eigenvalue weighted by Crippen LogP contribution is 2.33. The Morgan fingerprint density at radius 2 is 1.73 bits per heavy atom. The number of aryl methyl sites for hydroxylation is 1. The summed E-state index contributed by atoms with van der Waals surface area (Å²) in [5.74, 6) is 1.56. The molecule has 1 aromatic heterocycles. The lowest BCUT2D eigenvalue weighted by Crippen LogP contribution is -2.50. The third-order valence-electron chi connectivity index (χ3n) is 5.52. The fourth-order valence-electron chi connectivity index (χ4n) is 3.96. The summed E-state index contributed by atoms with van der Waals surface area (Å²) < 4.78 is 14.5. The van der Waals surface area contributed by atoms with Crippen LogP contribution in [-0.4, -0.2) is 47.0 Å². The first-order valence-corrected chi connectivity index (χ1v) is 10.7. The van der Waals surface area contributed by atoms with E-state index in [0.29, 0.717) is 44.0 Å². The molecule has 0 radical (unpaired) electrons. The molecule has 1 saturated heterocycles. The molecule has 0 aliphatic carbocycles. The number of amides is 1. The van der Waals surface area contributed by atoms with Crippen molar-refractivity contribution in [1.82, 2.24) is 14.9 Å². The number of nitrogens with zero attached hydrogens (tertiary/aromatic N) is 4. The predicted octanol–water partition coefficient (Wildman–Crippen LogP) is 4.12. The molecule has 1 aromatic carbocycles. The van der Waals surface area contributed by atoms with Gasteiger partial charge in [-0.3, -0.25) is 4.79 Å². The molecular weight excluding hydrogens is 379 g/mol. The van der Waals surface area contributed by atoms with Gasteiger partial charge in [-0.2, -0.15) is 0 Å². The van der Waals surface area contributed by atoms with Crippen LogP contribution in [0.25, 0.3) is 0 Å². The maximum Gasteiger partial charge on any atom is 0.225 e. The van der Waals surface area contributed by atoms with Gasteiger partial charge in [0.25, 0.3) is 0 Å². The highest BCUT2D eigenvalue weighted by Gasteiger charge is 2.29. The number of anilines is 1. The van der Waals surface area contributed by atoms with Crippen LogP contribution in [0.2, 0.25) is 0 Å². The van der Waals surface area contributed by atoms with Gasteiger partial charge in [-0.25, -0.2) is 14.4 Å². The Labute approximate surface area is 179 Å². The molecule has 1 fully saturated rings. The zero-order valence-corrected chi connectivity index (χ0v) is 19.0. The van der Waals surface area contributed by atoms with E-state index in [9.17, 15) is 9.18 Å². The van der Waals surface area contributed by atoms with Crippen molar-refractivity contribution in [3.05, 3.63) is 52.7 Å². The average molecular weight is 413 g/mol. The lowest BCUT2D eigenvalue weighted by atomic mass is 9.86. The largest absolute Gasteiger partial charge is 0.353 e. The molecule has 0 unspecified atom stereocenters. The van der Waals surface area contributed by atoms with Gasteiger partial charge in [-0.05, 0) is 18.6 Å². The van der Waals surface area contributed by atoms with E-state index >= 15 is 0 Å². The number of rotatable bonds is 4. The van der Waals surface area contributed by atoms with Crippen molar-refractivity contribution in [2.75, 3.05) is 31.1 Å². The molecule has 2 aromatic rings. The lowest BCUT2D eigenvalue weighted by Gasteiger charge is -2.38. The predicted molar refractivity (Wildman–Crippen MR) is 118 cm³/mol. The van der Waals surface area contributed by atoms with E-state index in [1.54, 1.807) is 6.07 Å². The number of hydrogen-bond acceptors (Lipinski definition) is 4. The molecule has 1 amide bonds. The molecule has 30 heavy (non-hydrogen) atoms. The maximum absolute atomic E-state index is 14.5. The van der Waals surface area contributed by atoms with E-state index in [0.717, 1.165) is 17.1 Å². The zero-order chi connectivity index (χ0) is 22.1.